The van der Waals surface area contributed by atoms with Gasteiger partial charge in [0.15, 0.2) is 9.84 Å². The molecule has 1 aromatic carbocycles. The van der Waals surface area contributed by atoms with E-state index in [0.717, 1.165) is 37.8 Å². The van der Waals surface area contributed by atoms with Gasteiger partial charge in [-0.25, -0.2) is 8.42 Å². The summed E-state index contributed by atoms with van der Waals surface area (Å²) in [6.45, 7) is 2.51. The summed E-state index contributed by atoms with van der Waals surface area (Å²) < 4.78 is 24.0. The standard InChI is InChI=1S/C20H28N2O3S/c1-15-12-16-6-2-5-9-19(16)21(15)13-20(23)22(17-7-3-4-8-17)18-10-11-26(24,25)14-18/h2,5-6,9,15,17-18H,3-4,7-8,10-14H2,1H3/t15-,18+/m1/s1. The van der Waals surface area contributed by atoms with Crippen LogP contribution in [0.1, 0.15) is 44.6 Å². The third kappa shape index (κ3) is 3.36. The van der Waals surface area contributed by atoms with Crippen molar-refractivity contribution >= 4 is 21.4 Å². The summed E-state index contributed by atoms with van der Waals surface area (Å²) in [6.07, 6.45) is 5.85. The van der Waals surface area contributed by atoms with E-state index in [1.807, 2.05) is 17.0 Å². The molecule has 3 aliphatic rings. The van der Waals surface area contributed by atoms with Crippen molar-refractivity contribution in [3.8, 4) is 0 Å². The highest BCUT2D eigenvalue weighted by atomic mass is 32.2. The van der Waals surface area contributed by atoms with E-state index in [1.165, 1.54) is 5.56 Å². The second-order valence-corrected chi connectivity index (χ2v) is 10.3. The van der Waals surface area contributed by atoms with Gasteiger partial charge in [0.2, 0.25) is 5.91 Å². The van der Waals surface area contributed by atoms with E-state index >= 15 is 0 Å². The molecule has 1 aliphatic carbocycles. The molecule has 6 heteroatoms. The summed E-state index contributed by atoms with van der Waals surface area (Å²) in [5.41, 5.74) is 2.45. The van der Waals surface area contributed by atoms with Crippen molar-refractivity contribution in [2.75, 3.05) is 23.0 Å². The molecule has 5 nitrogen and oxygen atoms in total. The van der Waals surface area contributed by atoms with Crippen LogP contribution >= 0.6 is 0 Å². The molecule has 2 atom stereocenters. The van der Waals surface area contributed by atoms with Crippen LogP contribution in [0.4, 0.5) is 5.69 Å². The maximum Gasteiger partial charge on any atom is 0.242 e. The molecule has 26 heavy (non-hydrogen) atoms. The van der Waals surface area contributed by atoms with E-state index in [1.54, 1.807) is 0 Å². The van der Waals surface area contributed by atoms with Gasteiger partial charge in [-0.15, -0.1) is 0 Å². The minimum atomic E-state index is -3.00. The molecule has 1 amide bonds. The monoisotopic (exact) mass is 376 g/mol. The summed E-state index contributed by atoms with van der Waals surface area (Å²) in [6, 6.07) is 8.67. The van der Waals surface area contributed by atoms with Crippen molar-refractivity contribution in [3.63, 3.8) is 0 Å². The van der Waals surface area contributed by atoms with Crippen LogP contribution in [0, 0.1) is 0 Å². The minimum Gasteiger partial charge on any atom is -0.359 e. The smallest absolute Gasteiger partial charge is 0.242 e. The number of amides is 1. The molecule has 4 rings (SSSR count). The highest BCUT2D eigenvalue weighted by Gasteiger charge is 2.40. The Bertz CT molecular complexity index is 786. The van der Waals surface area contributed by atoms with Crippen molar-refractivity contribution in [3.05, 3.63) is 29.8 Å². The van der Waals surface area contributed by atoms with Crippen LogP contribution in [0.25, 0.3) is 0 Å². The van der Waals surface area contributed by atoms with E-state index in [0.29, 0.717) is 19.0 Å². The fourth-order valence-electron chi connectivity index (χ4n) is 4.98. The molecule has 142 valence electrons. The number of benzene rings is 1. The number of hydrogen-bond donors (Lipinski definition) is 0. The molecule has 0 aromatic heterocycles. The molecule has 0 radical (unpaired) electrons. The van der Waals surface area contributed by atoms with Crippen LogP contribution in [0.2, 0.25) is 0 Å². The number of sulfone groups is 1. The number of hydrogen-bond acceptors (Lipinski definition) is 4. The molecule has 2 fully saturated rings. The van der Waals surface area contributed by atoms with Gasteiger partial charge in [0, 0.05) is 23.8 Å². The number of carbonyl (C=O) groups is 1. The zero-order chi connectivity index (χ0) is 18.3. The van der Waals surface area contributed by atoms with E-state index in [-0.39, 0.29) is 29.5 Å². The first kappa shape index (κ1) is 17.8. The number of carbonyl (C=O) groups excluding carboxylic acids is 1. The summed E-state index contributed by atoms with van der Waals surface area (Å²) in [5.74, 6) is 0.459. The van der Waals surface area contributed by atoms with Crippen LogP contribution in [-0.4, -0.2) is 55.4 Å². The van der Waals surface area contributed by atoms with Crippen LogP contribution in [0.5, 0.6) is 0 Å². The van der Waals surface area contributed by atoms with Gasteiger partial charge < -0.3 is 9.80 Å². The first-order chi connectivity index (χ1) is 12.4. The average Bonchev–Trinajstić information content (AvgIpc) is 3.30. The summed E-state index contributed by atoms with van der Waals surface area (Å²) in [5, 5.41) is 0. The minimum absolute atomic E-state index is 0.0996. The van der Waals surface area contributed by atoms with Crippen molar-refractivity contribution in [1.29, 1.82) is 0 Å². The molecule has 2 aliphatic heterocycles. The zero-order valence-electron chi connectivity index (χ0n) is 15.4. The molecule has 0 unspecified atom stereocenters. The van der Waals surface area contributed by atoms with Crippen molar-refractivity contribution in [1.82, 2.24) is 4.90 Å². The van der Waals surface area contributed by atoms with Gasteiger partial charge in [0.1, 0.15) is 0 Å². The van der Waals surface area contributed by atoms with Gasteiger partial charge in [-0.2, -0.15) is 0 Å². The molecule has 0 N–H and O–H groups in total. The van der Waals surface area contributed by atoms with Crippen LogP contribution in [0.3, 0.4) is 0 Å². The number of para-hydroxylation sites is 1. The lowest BCUT2D eigenvalue weighted by Crippen LogP contribution is -2.51. The Balaban J connectivity index is 1.55. The molecule has 1 aromatic rings. The van der Waals surface area contributed by atoms with Gasteiger partial charge in [-0.05, 0) is 44.2 Å². The van der Waals surface area contributed by atoms with E-state index in [9.17, 15) is 13.2 Å². The van der Waals surface area contributed by atoms with Gasteiger partial charge >= 0.3 is 0 Å². The number of anilines is 1. The van der Waals surface area contributed by atoms with Gasteiger partial charge in [-0.3, -0.25) is 4.79 Å². The topological polar surface area (TPSA) is 57.7 Å². The predicted octanol–water partition coefficient (Wildman–Crippen LogP) is 2.40. The maximum absolute atomic E-state index is 13.3. The van der Waals surface area contributed by atoms with Gasteiger partial charge in [0.25, 0.3) is 0 Å². The SMILES string of the molecule is C[C@@H]1Cc2ccccc2N1CC(=O)N(C1CCCC1)[C@H]1CCS(=O)(=O)C1. The van der Waals surface area contributed by atoms with Crippen LogP contribution in [0.15, 0.2) is 24.3 Å². The van der Waals surface area contributed by atoms with E-state index in [2.05, 4.69) is 24.0 Å². The first-order valence-electron chi connectivity index (χ1n) is 9.81. The third-order valence-electron chi connectivity index (χ3n) is 6.26. The quantitative estimate of drug-likeness (QED) is 0.810. The fourth-order valence-corrected chi connectivity index (χ4v) is 6.69. The maximum atomic E-state index is 13.3. The lowest BCUT2D eigenvalue weighted by molar-refractivity contribution is -0.134. The average molecular weight is 377 g/mol. The molecule has 2 heterocycles. The third-order valence-corrected chi connectivity index (χ3v) is 8.01. The fraction of sp³-hybridized carbons (Fsp3) is 0.650. The van der Waals surface area contributed by atoms with Crippen LogP contribution < -0.4 is 4.90 Å². The second kappa shape index (κ2) is 6.87. The van der Waals surface area contributed by atoms with Crippen molar-refractivity contribution in [2.45, 2.75) is 63.6 Å². The Hall–Kier alpha value is -1.56. The number of rotatable bonds is 4. The molecular weight excluding hydrogens is 348 g/mol. The number of nitrogens with zero attached hydrogens (tertiary/aromatic N) is 2. The Kier molecular flexibility index (Phi) is 4.71. The highest BCUT2D eigenvalue weighted by molar-refractivity contribution is 7.91. The summed E-state index contributed by atoms with van der Waals surface area (Å²) >= 11 is 0. The predicted molar refractivity (Wildman–Crippen MR) is 103 cm³/mol. The second-order valence-electron chi connectivity index (χ2n) is 8.11. The molecule has 1 saturated carbocycles. The highest BCUT2D eigenvalue weighted by Crippen LogP contribution is 2.33. The van der Waals surface area contributed by atoms with Crippen LogP contribution in [-0.2, 0) is 21.1 Å². The largest absolute Gasteiger partial charge is 0.359 e. The molecule has 0 bridgehead atoms. The summed E-state index contributed by atoms with van der Waals surface area (Å²) in [7, 11) is -3.00. The Morgan fingerprint density at radius 2 is 1.88 bits per heavy atom. The molecule has 0 spiro atoms. The lowest BCUT2D eigenvalue weighted by atomic mass is 10.1. The van der Waals surface area contributed by atoms with Gasteiger partial charge in [-0.1, -0.05) is 31.0 Å². The molecule has 1 saturated heterocycles. The Morgan fingerprint density at radius 1 is 1.15 bits per heavy atom. The normalized spacial score (nSPS) is 27.7. The lowest BCUT2D eigenvalue weighted by Gasteiger charge is -2.36. The van der Waals surface area contributed by atoms with E-state index in [4.69, 9.17) is 0 Å². The van der Waals surface area contributed by atoms with E-state index < -0.39 is 9.84 Å². The first-order valence-corrected chi connectivity index (χ1v) is 11.6. The molecular formula is C20H28N2O3S. The van der Waals surface area contributed by atoms with Gasteiger partial charge in [0.05, 0.1) is 18.1 Å². The van der Waals surface area contributed by atoms with Crippen molar-refractivity contribution < 1.29 is 13.2 Å². The Labute approximate surface area is 156 Å². The van der Waals surface area contributed by atoms with Crippen molar-refractivity contribution in [2.24, 2.45) is 0 Å². The number of fused-ring (bicyclic) bond motifs is 1. The zero-order valence-corrected chi connectivity index (χ0v) is 16.2. The Morgan fingerprint density at radius 3 is 2.58 bits per heavy atom. The summed E-state index contributed by atoms with van der Waals surface area (Å²) in [4.78, 5) is 17.5.